The van der Waals surface area contributed by atoms with Crippen LogP contribution in [0.2, 0.25) is 0 Å². The summed E-state index contributed by atoms with van der Waals surface area (Å²) in [6, 6.07) is 1.96. The van der Waals surface area contributed by atoms with Crippen molar-refractivity contribution >= 4 is 21.8 Å². The Morgan fingerprint density at radius 3 is 2.83 bits per heavy atom. The molecule has 6 heteroatoms. The molecule has 1 amide bonds. The number of aliphatic hydroxyl groups is 1. The van der Waals surface area contributed by atoms with Crippen LogP contribution < -0.4 is 5.32 Å². The first-order valence-corrected chi connectivity index (χ1v) is 6.57. The first-order valence-electron chi connectivity index (χ1n) is 5.78. The molecule has 2 N–H and O–H groups in total. The van der Waals surface area contributed by atoms with Crippen LogP contribution in [0.3, 0.4) is 0 Å². The third-order valence-corrected chi connectivity index (χ3v) is 2.90. The van der Waals surface area contributed by atoms with Gasteiger partial charge in [-0.1, -0.05) is 0 Å². The lowest BCUT2D eigenvalue weighted by Crippen LogP contribution is -2.35. The fourth-order valence-corrected chi connectivity index (χ4v) is 2.04. The summed E-state index contributed by atoms with van der Waals surface area (Å²) in [5, 5.41) is 12.2. The number of hydrogen-bond donors (Lipinski definition) is 2. The van der Waals surface area contributed by atoms with E-state index in [2.05, 4.69) is 21.2 Å². The highest BCUT2D eigenvalue weighted by molar-refractivity contribution is 9.10. The molecule has 1 rings (SSSR count). The highest BCUT2D eigenvalue weighted by Gasteiger charge is 2.15. The molecule has 0 saturated heterocycles. The second-order valence-electron chi connectivity index (χ2n) is 4.36. The van der Waals surface area contributed by atoms with Gasteiger partial charge in [0.25, 0.3) is 5.91 Å². The van der Waals surface area contributed by atoms with Crippen LogP contribution in [0, 0.1) is 0 Å². The Kier molecular flexibility index (Phi) is 5.84. The molecule has 1 aromatic heterocycles. The van der Waals surface area contributed by atoms with Gasteiger partial charge in [-0.2, -0.15) is 0 Å². The van der Waals surface area contributed by atoms with E-state index in [1.54, 1.807) is 6.07 Å². The summed E-state index contributed by atoms with van der Waals surface area (Å²) in [4.78, 5) is 12.0. The summed E-state index contributed by atoms with van der Waals surface area (Å²) in [6.07, 6.45) is 1.18. The molecule has 0 aliphatic carbocycles. The average molecular weight is 319 g/mol. The number of nitrogens with zero attached hydrogens (tertiary/aromatic N) is 1. The van der Waals surface area contributed by atoms with Gasteiger partial charge in [-0.25, -0.2) is 0 Å². The number of methoxy groups -OCH3 is 1. The summed E-state index contributed by atoms with van der Waals surface area (Å²) >= 11 is 3.35. The van der Waals surface area contributed by atoms with Crippen molar-refractivity contribution in [3.05, 3.63) is 22.4 Å². The number of hydrogen-bond acceptors (Lipinski definition) is 3. The molecule has 0 fully saturated rings. The minimum atomic E-state index is -0.690. The van der Waals surface area contributed by atoms with E-state index < -0.39 is 6.10 Å². The summed E-state index contributed by atoms with van der Waals surface area (Å²) < 4.78 is 7.53. The number of ether oxygens (including phenoxy) is 1. The molecule has 18 heavy (non-hydrogen) atoms. The van der Waals surface area contributed by atoms with Crippen molar-refractivity contribution in [2.24, 2.45) is 0 Å². The van der Waals surface area contributed by atoms with E-state index in [0.29, 0.717) is 5.69 Å². The summed E-state index contributed by atoms with van der Waals surface area (Å²) in [5.41, 5.74) is 0.571. The van der Waals surface area contributed by atoms with Crippen molar-refractivity contribution < 1.29 is 14.6 Å². The molecule has 0 aromatic carbocycles. The maximum atomic E-state index is 12.0. The van der Waals surface area contributed by atoms with Crippen LogP contribution in [0.15, 0.2) is 16.7 Å². The molecule has 0 aliphatic heterocycles. The molecule has 0 radical (unpaired) electrons. The van der Waals surface area contributed by atoms with Crippen molar-refractivity contribution in [2.75, 3.05) is 20.3 Å². The van der Waals surface area contributed by atoms with Crippen molar-refractivity contribution in [1.29, 1.82) is 0 Å². The van der Waals surface area contributed by atoms with Gasteiger partial charge < -0.3 is 19.7 Å². The van der Waals surface area contributed by atoms with E-state index in [9.17, 15) is 9.90 Å². The van der Waals surface area contributed by atoms with Gasteiger partial charge in [0.1, 0.15) is 5.69 Å². The van der Waals surface area contributed by atoms with Crippen molar-refractivity contribution in [1.82, 2.24) is 9.88 Å². The molecule has 1 unspecified atom stereocenters. The Morgan fingerprint density at radius 1 is 1.61 bits per heavy atom. The topological polar surface area (TPSA) is 63.5 Å². The van der Waals surface area contributed by atoms with Crippen LogP contribution in [-0.2, 0) is 4.74 Å². The number of amides is 1. The van der Waals surface area contributed by atoms with Crippen molar-refractivity contribution in [3.8, 4) is 0 Å². The van der Waals surface area contributed by atoms with Crippen LogP contribution in [0.4, 0.5) is 0 Å². The molecule has 102 valence electrons. The zero-order chi connectivity index (χ0) is 13.7. The van der Waals surface area contributed by atoms with Gasteiger partial charge in [0.05, 0.1) is 12.7 Å². The number of aliphatic hydroxyl groups excluding tert-OH is 1. The Balaban J connectivity index is 2.66. The first kappa shape index (κ1) is 15.2. The van der Waals surface area contributed by atoms with E-state index in [4.69, 9.17) is 4.74 Å². The molecule has 1 heterocycles. The Hall–Kier alpha value is -0.850. The van der Waals surface area contributed by atoms with E-state index in [-0.39, 0.29) is 25.1 Å². The SMILES string of the molecule is COCC(O)CNC(=O)c1cc(Br)cn1C(C)C. The number of carbonyl (C=O) groups excluding carboxylic acids is 1. The number of carbonyl (C=O) groups is 1. The normalized spacial score (nSPS) is 12.8. The van der Waals surface area contributed by atoms with Crippen molar-refractivity contribution in [2.45, 2.75) is 26.0 Å². The lowest BCUT2D eigenvalue weighted by atomic mass is 10.3. The second kappa shape index (κ2) is 6.92. The third-order valence-electron chi connectivity index (χ3n) is 2.46. The molecule has 0 bridgehead atoms. The number of halogens is 1. The largest absolute Gasteiger partial charge is 0.389 e. The second-order valence-corrected chi connectivity index (χ2v) is 5.28. The number of aromatic nitrogens is 1. The van der Waals surface area contributed by atoms with E-state index >= 15 is 0 Å². The first-order chi connectivity index (χ1) is 8.45. The van der Waals surface area contributed by atoms with Gasteiger partial charge in [-0.15, -0.1) is 0 Å². The highest BCUT2D eigenvalue weighted by atomic mass is 79.9. The van der Waals surface area contributed by atoms with E-state index in [0.717, 1.165) is 4.47 Å². The fraction of sp³-hybridized carbons (Fsp3) is 0.583. The highest BCUT2D eigenvalue weighted by Crippen LogP contribution is 2.19. The van der Waals surface area contributed by atoms with Crippen LogP contribution in [-0.4, -0.2) is 41.9 Å². The number of rotatable bonds is 6. The van der Waals surface area contributed by atoms with Gasteiger partial charge in [-0.05, 0) is 35.8 Å². The van der Waals surface area contributed by atoms with Crippen LogP contribution in [0.25, 0.3) is 0 Å². The van der Waals surface area contributed by atoms with E-state index in [1.807, 2.05) is 24.6 Å². The zero-order valence-electron chi connectivity index (χ0n) is 10.8. The van der Waals surface area contributed by atoms with Gasteiger partial charge in [-0.3, -0.25) is 4.79 Å². The predicted octanol–water partition coefficient (Wildman–Crippen LogP) is 1.57. The van der Waals surface area contributed by atoms with Gasteiger partial charge in [0.15, 0.2) is 0 Å². The molecule has 1 atom stereocenters. The fourth-order valence-electron chi connectivity index (χ4n) is 1.61. The van der Waals surface area contributed by atoms with E-state index in [1.165, 1.54) is 7.11 Å². The summed E-state index contributed by atoms with van der Waals surface area (Å²) in [6.45, 7) is 4.38. The third kappa shape index (κ3) is 4.12. The quantitative estimate of drug-likeness (QED) is 0.836. The lowest BCUT2D eigenvalue weighted by Gasteiger charge is -2.14. The molecule has 0 aliphatic rings. The molecule has 0 saturated carbocycles. The minimum Gasteiger partial charge on any atom is -0.389 e. The maximum Gasteiger partial charge on any atom is 0.268 e. The molecule has 0 spiro atoms. The van der Waals surface area contributed by atoms with Crippen LogP contribution >= 0.6 is 15.9 Å². The average Bonchev–Trinajstić information content (AvgIpc) is 2.69. The molecule has 1 aromatic rings. The van der Waals surface area contributed by atoms with Gasteiger partial charge >= 0.3 is 0 Å². The summed E-state index contributed by atoms with van der Waals surface area (Å²) in [5.74, 6) is -0.204. The minimum absolute atomic E-state index is 0.174. The standard InChI is InChI=1S/C12H19BrN2O3/c1-8(2)15-6-9(13)4-11(15)12(17)14-5-10(16)7-18-3/h4,6,8,10,16H,5,7H2,1-3H3,(H,14,17). The monoisotopic (exact) mass is 318 g/mol. The van der Waals surface area contributed by atoms with Crippen LogP contribution in [0.1, 0.15) is 30.4 Å². The maximum absolute atomic E-state index is 12.0. The zero-order valence-corrected chi connectivity index (χ0v) is 12.4. The Bertz CT molecular complexity index is 404. The molecular weight excluding hydrogens is 300 g/mol. The van der Waals surface area contributed by atoms with Crippen molar-refractivity contribution in [3.63, 3.8) is 0 Å². The lowest BCUT2D eigenvalue weighted by molar-refractivity contribution is 0.0607. The van der Waals surface area contributed by atoms with Gasteiger partial charge in [0.2, 0.25) is 0 Å². The van der Waals surface area contributed by atoms with Gasteiger partial charge in [0, 0.05) is 30.4 Å². The molecule has 5 nitrogen and oxygen atoms in total. The molecular formula is C12H19BrN2O3. The number of nitrogens with one attached hydrogen (secondary N) is 1. The Morgan fingerprint density at radius 2 is 2.28 bits per heavy atom. The smallest absolute Gasteiger partial charge is 0.268 e. The van der Waals surface area contributed by atoms with Crippen LogP contribution in [0.5, 0.6) is 0 Å². The summed E-state index contributed by atoms with van der Waals surface area (Å²) in [7, 11) is 1.51. The predicted molar refractivity (Wildman–Crippen MR) is 72.7 cm³/mol. The Labute approximate surface area is 115 Å².